The molecule has 2 fully saturated rings. The smallest absolute Gasteiger partial charge is 0.248 e. The van der Waals surface area contributed by atoms with E-state index in [9.17, 15) is 8.78 Å². The molecular formula is C14H23F2N5. The lowest BCUT2D eigenvalue weighted by molar-refractivity contribution is -0.0387. The molecule has 1 aromatic heterocycles. The van der Waals surface area contributed by atoms with Crippen LogP contribution in [0.2, 0.25) is 0 Å². The van der Waals surface area contributed by atoms with Crippen molar-refractivity contribution < 1.29 is 8.78 Å². The maximum atomic E-state index is 13.2. The fourth-order valence-electron chi connectivity index (χ4n) is 3.35. The van der Waals surface area contributed by atoms with Gasteiger partial charge in [0, 0.05) is 37.4 Å². The van der Waals surface area contributed by atoms with Gasteiger partial charge in [-0.1, -0.05) is 0 Å². The molecule has 0 aromatic carbocycles. The molecule has 7 heteroatoms. The predicted octanol–water partition coefficient (Wildman–Crippen LogP) is 2.41. The SMILES string of the molecule is CC1C(N)CCCN1c1n[nH]c(C2CCC(F)(F)CC2)n1. The second-order valence-corrected chi connectivity index (χ2v) is 6.39. The number of alkyl halides is 2. The first-order valence-corrected chi connectivity index (χ1v) is 7.78. The predicted molar refractivity (Wildman–Crippen MR) is 76.6 cm³/mol. The van der Waals surface area contributed by atoms with E-state index >= 15 is 0 Å². The number of H-pyrrole nitrogens is 1. The number of nitrogens with two attached hydrogens (primary N) is 1. The Hall–Kier alpha value is -1.24. The first-order chi connectivity index (χ1) is 9.96. The lowest BCUT2D eigenvalue weighted by Crippen LogP contribution is -2.51. The van der Waals surface area contributed by atoms with Crippen molar-refractivity contribution in [1.82, 2.24) is 15.2 Å². The summed E-state index contributed by atoms with van der Waals surface area (Å²) < 4.78 is 26.4. The largest absolute Gasteiger partial charge is 0.335 e. The molecule has 0 spiro atoms. The second-order valence-electron chi connectivity index (χ2n) is 6.39. The number of aromatic nitrogens is 3. The molecule has 1 aliphatic carbocycles. The zero-order chi connectivity index (χ0) is 15.0. The summed E-state index contributed by atoms with van der Waals surface area (Å²) in [6.07, 6.45) is 2.88. The topological polar surface area (TPSA) is 70.8 Å². The maximum Gasteiger partial charge on any atom is 0.248 e. The highest BCUT2D eigenvalue weighted by atomic mass is 19.3. The van der Waals surface area contributed by atoms with E-state index in [-0.39, 0.29) is 30.8 Å². The third-order valence-electron chi connectivity index (χ3n) is 4.90. The van der Waals surface area contributed by atoms with Gasteiger partial charge in [-0.15, -0.1) is 5.10 Å². The van der Waals surface area contributed by atoms with Crippen molar-refractivity contribution in [3.63, 3.8) is 0 Å². The quantitative estimate of drug-likeness (QED) is 0.880. The van der Waals surface area contributed by atoms with Crippen molar-refractivity contribution >= 4 is 5.95 Å². The van der Waals surface area contributed by atoms with Gasteiger partial charge in [0.15, 0.2) is 0 Å². The summed E-state index contributed by atoms with van der Waals surface area (Å²) in [7, 11) is 0. The van der Waals surface area contributed by atoms with Gasteiger partial charge in [-0.05, 0) is 32.6 Å². The summed E-state index contributed by atoms with van der Waals surface area (Å²) in [5, 5.41) is 7.23. The normalized spacial score (nSPS) is 30.6. The second kappa shape index (κ2) is 5.51. The van der Waals surface area contributed by atoms with Crippen LogP contribution in [0.25, 0.3) is 0 Å². The summed E-state index contributed by atoms with van der Waals surface area (Å²) in [6, 6.07) is 0.340. The average Bonchev–Trinajstić information content (AvgIpc) is 2.91. The number of rotatable bonds is 2. The molecule has 0 bridgehead atoms. The van der Waals surface area contributed by atoms with E-state index in [1.165, 1.54) is 0 Å². The van der Waals surface area contributed by atoms with Gasteiger partial charge in [0.25, 0.3) is 0 Å². The molecular weight excluding hydrogens is 276 g/mol. The van der Waals surface area contributed by atoms with Crippen LogP contribution in [-0.4, -0.2) is 39.7 Å². The summed E-state index contributed by atoms with van der Waals surface area (Å²) in [4.78, 5) is 6.67. The van der Waals surface area contributed by atoms with Crippen molar-refractivity contribution in [2.75, 3.05) is 11.4 Å². The van der Waals surface area contributed by atoms with E-state index in [2.05, 4.69) is 27.0 Å². The molecule has 3 N–H and O–H groups in total. The van der Waals surface area contributed by atoms with Crippen LogP contribution in [0.1, 0.15) is 57.2 Å². The Kier molecular flexibility index (Phi) is 3.86. The van der Waals surface area contributed by atoms with Crippen LogP contribution in [0.5, 0.6) is 0 Å². The van der Waals surface area contributed by atoms with Crippen LogP contribution in [0.3, 0.4) is 0 Å². The molecule has 21 heavy (non-hydrogen) atoms. The van der Waals surface area contributed by atoms with Crippen molar-refractivity contribution in [3.8, 4) is 0 Å². The van der Waals surface area contributed by atoms with Crippen molar-refractivity contribution in [3.05, 3.63) is 5.82 Å². The van der Waals surface area contributed by atoms with E-state index < -0.39 is 5.92 Å². The van der Waals surface area contributed by atoms with E-state index in [0.717, 1.165) is 25.2 Å². The maximum absolute atomic E-state index is 13.2. The Morgan fingerprint density at radius 1 is 1.29 bits per heavy atom. The fourth-order valence-corrected chi connectivity index (χ4v) is 3.35. The average molecular weight is 299 g/mol. The zero-order valence-electron chi connectivity index (χ0n) is 12.4. The molecule has 2 unspecified atom stereocenters. The molecule has 2 heterocycles. The van der Waals surface area contributed by atoms with Crippen LogP contribution in [0.4, 0.5) is 14.7 Å². The van der Waals surface area contributed by atoms with Gasteiger partial charge in [0.1, 0.15) is 5.82 Å². The molecule has 0 amide bonds. The molecule has 1 saturated carbocycles. The first-order valence-electron chi connectivity index (χ1n) is 7.78. The van der Waals surface area contributed by atoms with E-state index in [1.807, 2.05) is 0 Å². The van der Waals surface area contributed by atoms with Crippen LogP contribution in [0, 0.1) is 0 Å². The number of hydrogen-bond donors (Lipinski definition) is 2. The minimum absolute atomic E-state index is 0.0569. The molecule has 5 nitrogen and oxygen atoms in total. The minimum atomic E-state index is -2.51. The number of piperidine rings is 1. The summed E-state index contributed by atoms with van der Waals surface area (Å²) >= 11 is 0. The molecule has 1 saturated heterocycles. The molecule has 1 aromatic rings. The minimum Gasteiger partial charge on any atom is -0.335 e. The highest BCUT2D eigenvalue weighted by Crippen LogP contribution is 2.40. The fraction of sp³-hybridized carbons (Fsp3) is 0.857. The van der Waals surface area contributed by atoms with Gasteiger partial charge >= 0.3 is 0 Å². The van der Waals surface area contributed by atoms with E-state index in [4.69, 9.17) is 5.73 Å². The Morgan fingerprint density at radius 3 is 2.71 bits per heavy atom. The molecule has 118 valence electrons. The zero-order valence-corrected chi connectivity index (χ0v) is 12.4. The molecule has 2 aliphatic rings. The molecule has 3 rings (SSSR count). The molecule has 1 aliphatic heterocycles. The molecule has 2 atom stereocenters. The third-order valence-corrected chi connectivity index (χ3v) is 4.90. The van der Waals surface area contributed by atoms with Gasteiger partial charge in [0.2, 0.25) is 11.9 Å². The lowest BCUT2D eigenvalue weighted by Gasteiger charge is -2.36. The summed E-state index contributed by atoms with van der Waals surface area (Å²) in [6.45, 7) is 2.98. The number of halogens is 2. The Bertz CT molecular complexity index is 479. The van der Waals surface area contributed by atoms with Gasteiger partial charge in [0.05, 0.1) is 0 Å². The van der Waals surface area contributed by atoms with Gasteiger partial charge in [-0.2, -0.15) is 4.98 Å². The number of anilines is 1. The van der Waals surface area contributed by atoms with Crippen molar-refractivity contribution in [1.29, 1.82) is 0 Å². The Labute approximate surface area is 123 Å². The highest BCUT2D eigenvalue weighted by molar-refractivity contribution is 5.32. The monoisotopic (exact) mass is 299 g/mol. The van der Waals surface area contributed by atoms with E-state index in [0.29, 0.717) is 18.8 Å². The van der Waals surface area contributed by atoms with Crippen LogP contribution < -0.4 is 10.6 Å². The number of nitrogens with zero attached hydrogens (tertiary/aromatic N) is 3. The molecule has 0 radical (unpaired) electrons. The standard InChI is InChI=1S/C14H23F2N5/c1-9-11(17)3-2-8-21(9)13-18-12(19-20-13)10-4-6-14(15,16)7-5-10/h9-11H,2-8,17H2,1H3,(H,18,19,20). The van der Waals surface area contributed by atoms with Crippen molar-refractivity contribution in [2.45, 2.75) is 69.4 Å². The van der Waals surface area contributed by atoms with Crippen LogP contribution >= 0.6 is 0 Å². The van der Waals surface area contributed by atoms with Gasteiger partial charge < -0.3 is 10.6 Å². The van der Waals surface area contributed by atoms with E-state index in [1.54, 1.807) is 0 Å². The highest BCUT2D eigenvalue weighted by Gasteiger charge is 2.37. The van der Waals surface area contributed by atoms with Crippen molar-refractivity contribution in [2.24, 2.45) is 5.73 Å². The van der Waals surface area contributed by atoms with Crippen LogP contribution in [-0.2, 0) is 0 Å². The van der Waals surface area contributed by atoms with Gasteiger partial charge in [-0.3, -0.25) is 5.10 Å². The third kappa shape index (κ3) is 3.02. The van der Waals surface area contributed by atoms with Gasteiger partial charge in [-0.25, -0.2) is 8.78 Å². The Balaban J connectivity index is 1.69. The number of nitrogens with one attached hydrogen (secondary N) is 1. The number of aromatic amines is 1. The Morgan fingerprint density at radius 2 is 2.00 bits per heavy atom. The number of hydrogen-bond acceptors (Lipinski definition) is 4. The lowest BCUT2D eigenvalue weighted by atomic mass is 9.86. The van der Waals surface area contributed by atoms with Crippen LogP contribution in [0.15, 0.2) is 0 Å². The summed E-state index contributed by atoms with van der Waals surface area (Å²) in [5.41, 5.74) is 6.09. The summed E-state index contributed by atoms with van der Waals surface area (Å²) in [5.74, 6) is -1.04. The first kappa shape index (κ1) is 14.7.